The van der Waals surface area contributed by atoms with Crippen molar-refractivity contribution >= 4 is 6.09 Å². The second-order valence-corrected chi connectivity index (χ2v) is 37.6. The SMILES string of the molecule is CC(C)(C)N1CCC(O)CC1.CC(C)(C)N1CCN(CCN)CC1.CC(C)(C)N1CCN(CCO)CC1.CC(C)(C)O.CC(C)N1CCC(N)CC1.CC(C)N1CCC(NC(=O)OC(C)(C)C)CC1.CCCN(C)C(C)(C)C.CCCN1CCN(C(C)(C)C)CC1.CN(CCN)C(C)(C)C. The molecule has 604 valence electrons. The molecule has 1 amide bonds. The van der Waals surface area contributed by atoms with Gasteiger partial charge in [0.25, 0.3) is 0 Å². The van der Waals surface area contributed by atoms with Gasteiger partial charge in [-0.15, -0.1) is 0 Å². The van der Waals surface area contributed by atoms with E-state index in [4.69, 9.17) is 32.2 Å². The number of aliphatic hydroxyl groups excluding tert-OH is 2. The Morgan fingerprint density at radius 2 is 0.770 bits per heavy atom. The molecule has 0 aromatic heterocycles. The van der Waals surface area contributed by atoms with Crippen LogP contribution in [0.1, 0.15) is 259 Å². The second-order valence-electron chi connectivity index (χ2n) is 37.6. The summed E-state index contributed by atoms with van der Waals surface area (Å²) in [7, 11) is 4.26. The number of carbonyl (C=O) groups is 1. The summed E-state index contributed by atoms with van der Waals surface area (Å²) < 4.78 is 5.25. The van der Waals surface area contributed by atoms with Crippen molar-refractivity contribution in [3.05, 3.63) is 0 Å². The predicted octanol–water partition coefficient (Wildman–Crippen LogP) is 10.6. The number of aliphatic hydroxyl groups is 3. The summed E-state index contributed by atoms with van der Waals surface area (Å²) in [5, 5.41) is 29.5. The molecule has 6 heterocycles. The molecule has 6 fully saturated rings. The third kappa shape index (κ3) is 55.1. The molecule has 0 unspecified atom stereocenters. The van der Waals surface area contributed by atoms with Gasteiger partial charge in [0.2, 0.25) is 0 Å². The number of rotatable bonds is 13. The Labute approximate surface area is 622 Å². The van der Waals surface area contributed by atoms with Gasteiger partial charge < -0.3 is 67.1 Å². The number of ether oxygens (including phenoxy) is 1. The number of hydrogen-bond acceptors (Lipinski definition) is 19. The number of hydrogen-bond donors (Lipinski definition) is 7. The van der Waals surface area contributed by atoms with Gasteiger partial charge in [-0.25, -0.2) is 4.79 Å². The van der Waals surface area contributed by atoms with Gasteiger partial charge in [0.05, 0.1) is 18.3 Å². The molecule has 6 aliphatic rings. The molecule has 20 heteroatoms. The van der Waals surface area contributed by atoms with Gasteiger partial charge in [-0.3, -0.25) is 29.4 Å². The molecule has 0 aliphatic carbocycles. The van der Waals surface area contributed by atoms with Crippen LogP contribution in [0.2, 0.25) is 0 Å². The van der Waals surface area contributed by atoms with Crippen LogP contribution in [-0.4, -0.2) is 334 Å². The first-order valence-corrected chi connectivity index (χ1v) is 39.8. The van der Waals surface area contributed by atoms with Gasteiger partial charge >= 0.3 is 6.09 Å². The van der Waals surface area contributed by atoms with Crippen molar-refractivity contribution in [2.75, 3.05) is 184 Å². The molecule has 6 saturated heterocycles. The Morgan fingerprint density at radius 3 is 1.02 bits per heavy atom. The molecule has 0 saturated carbocycles. The Bertz CT molecular complexity index is 1800. The molecule has 0 aromatic carbocycles. The number of piperazine rings is 3. The summed E-state index contributed by atoms with van der Waals surface area (Å²) >= 11 is 0. The van der Waals surface area contributed by atoms with Crippen LogP contribution in [0.4, 0.5) is 4.79 Å². The number of carbonyl (C=O) groups excluding carboxylic acids is 1. The minimum Gasteiger partial charge on any atom is -0.444 e. The highest BCUT2D eigenvalue weighted by Crippen LogP contribution is 2.22. The summed E-state index contributed by atoms with van der Waals surface area (Å²) in [5.41, 5.74) is 17.6. The third-order valence-electron chi connectivity index (χ3n) is 19.4. The van der Waals surface area contributed by atoms with Crippen molar-refractivity contribution in [1.82, 2.24) is 59.2 Å². The van der Waals surface area contributed by atoms with Crippen LogP contribution in [0.5, 0.6) is 0 Å². The molecule has 6 aliphatic heterocycles. The van der Waals surface area contributed by atoms with Crippen molar-refractivity contribution < 1.29 is 24.9 Å². The topological polar surface area (TPSA) is 213 Å². The number of nitrogens with zero attached hydrogens (tertiary/aromatic N) is 11. The zero-order chi connectivity index (χ0) is 78.3. The van der Waals surface area contributed by atoms with E-state index in [0.717, 1.165) is 111 Å². The summed E-state index contributed by atoms with van der Waals surface area (Å²) in [6, 6.07) is 2.03. The summed E-state index contributed by atoms with van der Waals surface area (Å²) in [5.74, 6) is 0. The van der Waals surface area contributed by atoms with Gasteiger partial charge in [-0.2, -0.15) is 0 Å². The Kier molecular flexibility index (Phi) is 52.4. The maximum Gasteiger partial charge on any atom is 0.407 e. The van der Waals surface area contributed by atoms with E-state index in [1.165, 1.54) is 104 Å². The van der Waals surface area contributed by atoms with Crippen LogP contribution in [0.3, 0.4) is 0 Å². The van der Waals surface area contributed by atoms with Crippen molar-refractivity contribution in [3.8, 4) is 0 Å². The molecule has 100 heavy (non-hydrogen) atoms. The van der Waals surface area contributed by atoms with Gasteiger partial charge in [0.1, 0.15) is 5.60 Å². The third-order valence-corrected chi connectivity index (χ3v) is 19.4. The quantitative estimate of drug-likeness (QED) is 0.0914. The predicted molar refractivity (Wildman–Crippen MR) is 435 cm³/mol. The summed E-state index contributed by atoms with van der Waals surface area (Å²) in [6.07, 6.45) is 8.46. The lowest BCUT2D eigenvalue weighted by molar-refractivity contribution is 0.0377. The van der Waals surface area contributed by atoms with E-state index >= 15 is 0 Å². The average Bonchev–Trinajstić information content (AvgIpc) is 0.881. The minimum absolute atomic E-state index is 0.0476. The molecular formula is C80H179N15O5. The lowest BCUT2D eigenvalue weighted by Crippen LogP contribution is -2.54. The lowest BCUT2D eigenvalue weighted by atomic mass is 10.00. The van der Waals surface area contributed by atoms with Gasteiger partial charge in [-0.05, 0) is 286 Å². The molecule has 0 atom stereocenters. The maximum absolute atomic E-state index is 11.6. The van der Waals surface area contributed by atoms with Crippen LogP contribution in [0.25, 0.3) is 0 Å². The number of likely N-dealkylation sites (N-methyl/N-ethyl adjacent to an activating group) is 1. The number of piperidine rings is 3. The van der Waals surface area contributed by atoms with Crippen LogP contribution in [-0.2, 0) is 4.74 Å². The van der Waals surface area contributed by atoms with Crippen molar-refractivity contribution in [3.63, 3.8) is 0 Å². The van der Waals surface area contributed by atoms with Gasteiger partial charge in [0.15, 0.2) is 0 Å². The second kappa shape index (κ2) is 51.0. The number of likely N-dealkylation sites (tertiary alicyclic amines) is 3. The van der Waals surface area contributed by atoms with E-state index in [-0.39, 0.29) is 35.9 Å². The van der Waals surface area contributed by atoms with Gasteiger partial charge in [0, 0.05) is 195 Å². The van der Waals surface area contributed by atoms with E-state index in [2.05, 4.69) is 239 Å². The van der Waals surface area contributed by atoms with Crippen LogP contribution >= 0.6 is 0 Å². The number of β-amino-alcohol motifs (C(OH)–C–C–N with tert-alkyl or cyclic N) is 1. The summed E-state index contributed by atoms with van der Waals surface area (Å²) in [6.45, 7) is 92.7. The fourth-order valence-electron chi connectivity index (χ4n) is 11.8. The highest BCUT2D eigenvalue weighted by Gasteiger charge is 2.30. The van der Waals surface area contributed by atoms with Crippen LogP contribution < -0.4 is 22.5 Å². The van der Waals surface area contributed by atoms with Crippen molar-refractivity contribution in [1.29, 1.82) is 0 Å². The first-order valence-electron chi connectivity index (χ1n) is 39.8. The van der Waals surface area contributed by atoms with E-state index in [0.29, 0.717) is 40.3 Å². The maximum atomic E-state index is 11.6. The number of amides is 1. The lowest BCUT2D eigenvalue weighted by Gasteiger charge is -2.42. The fraction of sp³-hybridized carbons (Fsp3) is 0.988. The summed E-state index contributed by atoms with van der Waals surface area (Å²) in [4.78, 5) is 38.5. The van der Waals surface area contributed by atoms with Crippen LogP contribution in [0, 0.1) is 0 Å². The molecule has 0 bridgehead atoms. The number of nitrogens with one attached hydrogen (secondary N) is 1. The first-order chi connectivity index (χ1) is 45.5. The largest absolute Gasteiger partial charge is 0.444 e. The number of nitrogens with two attached hydrogens (primary N) is 3. The molecule has 20 nitrogen and oxygen atoms in total. The standard InChI is InChI=1S/C13H26N2O2.C11H24N2.C10H23N3.C10H22N2O.C9H19NO.C8H18N2.C8H19N.C7H18N2.C4H10O/c1-10(2)15-8-6-11(7-9-15)14-12(16)17-13(3,4)5;1-5-6-12-7-9-13(10-8-12)11(2,3)4;1-10(2,3)13-8-6-12(5-4-11)7-9-13;1-10(2,3)12-6-4-11(5-7-12)8-9-13;1-9(2,3)10-6-4-8(11)5-7-10;1-7(2)10-5-3-8(9)4-6-10;1-6-7-9(5)8(2,3)4;1-7(2,3)9(4)6-5-8;1-4(2,3)5/h10-11H,6-9H2,1-5H3,(H,14,16);5-10H2,1-4H3;4-9,11H2,1-3H3;13H,4-9H2,1-3H3;8,11H,4-7H2,1-3H3;7-8H,3-6,9H2,1-2H3;6-7H2,1-5H3;5-6,8H2,1-4H3;5H,1-3H3. The smallest absolute Gasteiger partial charge is 0.407 e. The van der Waals surface area contributed by atoms with Crippen molar-refractivity contribution in [2.24, 2.45) is 17.2 Å². The molecule has 0 radical (unpaired) electrons. The fourth-order valence-corrected chi connectivity index (χ4v) is 11.8. The molecule has 0 aromatic rings. The Balaban J connectivity index is -0.00000107. The van der Waals surface area contributed by atoms with Crippen molar-refractivity contribution in [2.45, 2.75) is 334 Å². The van der Waals surface area contributed by atoms with Crippen LogP contribution in [0.15, 0.2) is 0 Å². The van der Waals surface area contributed by atoms with E-state index < -0.39 is 11.2 Å². The van der Waals surface area contributed by atoms with E-state index in [1.54, 1.807) is 20.8 Å². The highest BCUT2D eigenvalue weighted by molar-refractivity contribution is 5.68. The normalized spacial score (nSPS) is 19.9. The average molecular weight is 1430 g/mol. The minimum atomic E-state index is -0.500. The molecular weight excluding hydrogens is 1250 g/mol. The number of alkyl carbamates (subject to hydrolysis) is 1. The van der Waals surface area contributed by atoms with E-state index in [9.17, 15) is 9.90 Å². The zero-order valence-corrected chi connectivity index (χ0v) is 72.7. The Morgan fingerprint density at radius 1 is 0.460 bits per heavy atom. The van der Waals surface area contributed by atoms with E-state index in [1.807, 2.05) is 20.8 Å². The van der Waals surface area contributed by atoms with Gasteiger partial charge in [-0.1, -0.05) is 13.8 Å². The Hall–Kier alpha value is -1.41. The monoisotopic (exact) mass is 1430 g/mol. The molecule has 6 rings (SSSR count). The zero-order valence-electron chi connectivity index (χ0n) is 72.7. The highest BCUT2D eigenvalue weighted by atomic mass is 16.6. The first kappa shape index (κ1) is 103. The molecule has 0 spiro atoms. The molecule has 10 N–H and O–H groups in total.